The van der Waals surface area contributed by atoms with Gasteiger partial charge in [0.15, 0.2) is 0 Å². The van der Waals surface area contributed by atoms with Crippen molar-refractivity contribution in [1.29, 1.82) is 0 Å². The highest BCUT2D eigenvalue weighted by Gasteiger charge is 2.33. The maximum absolute atomic E-state index is 12.6. The molecule has 1 atom stereocenters. The molecule has 108 valence electrons. The zero-order chi connectivity index (χ0) is 14.7. The van der Waals surface area contributed by atoms with E-state index in [1.165, 1.54) is 6.26 Å². The zero-order valence-electron chi connectivity index (χ0n) is 11.9. The van der Waals surface area contributed by atoms with E-state index in [4.69, 9.17) is 4.42 Å². The summed E-state index contributed by atoms with van der Waals surface area (Å²) in [5.41, 5.74) is 1.89. The second-order valence-electron chi connectivity index (χ2n) is 4.60. The molecular formula is C14H19N3O3. The molecule has 0 saturated heterocycles. The topological polar surface area (TPSA) is 74.6 Å². The molecule has 1 aromatic heterocycles. The molecule has 6 heteroatoms. The summed E-state index contributed by atoms with van der Waals surface area (Å²) in [6.45, 7) is 6.84. The van der Waals surface area contributed by atoms with Crippen molar-refractivity contribution in [2.24, 2.45) is 0 Å². The van der Waals surface area contributed by atoms with E-state index in [9.17, 15) is 9.59 Å². The number of carbonyl (C=O) groups is 2. The van der Waals surface area contributed by atoms with Crippen molar-refractivity contribution in [3.05, 3.63) is 35.4 Å². The van der Waals surface area contributed by atoms with Gasteiger partial charge >= 0.3 is 6.03 Å². The van der Waals surface area contributed by atoms with Gasteiger partial charge in [0.2, 0.25) is 0 Å². The quantitative estimate of drug-likeness (QED) is 0.881. The van der Waals surface area contributed by atoms with Crippen LogP contribution in [-0.2, 0) is 4.79 Å². The van der Waals surface area contributed by atoms with Crippen molar-refractivity contribution < 1.29 is 14.0 Å². The van der Waals surface area contributed by atoms with Crippen LogP contribution in [0.5, 0.6) is 0 Å². The maximum Gasteiger partial charge on any atom is 0.319 e. The van der Waals surface area contributed by atoms with Gasteiger partial charge in [0.25, 0.3) is 5.91 Å². The summed E-state index contributed by atoms with van der Waals surface area (Å²) in [5, 5.41) is 5.42. The molecule has 2 rings (SSSR count). The maximum atomic E-state index is 12.6. The van der Waals surface area contributed by atoms with Crippen LogP contribution >= 0.6 is 0 Å². The molecule has 2 heterocycles. The molecule has 1 aliphatic heterocycles. The van der Waals surface area contributed by atoms with Gasteiger partial charge < -0.3 is 20.0 Å². The molecule has 0 aliphatic carbocycles. The van der Waals surface area contributed by atoms with Crippen LogP contribution in [0, 0.1) is 0 Å². The summed E-state index contributed by atoms with van der Waals surface area (Å²) in [4.78, 5) is 26.0. The predicted octanol–water partition coefficient (Wildman–Crippen LogP) is 1.78. The van der Waals surface area contributed by atoms with Crippen molar-refractivity contribution in [1.82, 2.24) is 15.5 Å². The lowest BCUT2D eigenvalue weighted by atomic mass is 9.96. The molecule has 0 spiro atoms. The Morgan fingerprint density at radius 3 is 2.65 bits per heavy atom. The normalized spacial score (nSPS) is 18.6. The Morgan fingerprint density at radius 2 is 2.10 bits per heavy atom. The number of hydrogen-bond acceptors (Lipinski definition) is 3. The van der Waals surface area contributed by atoms with Crippen molar-refractivity contribution >= 4 is 11.9 Å². The summed E-state index contributed by atoms with van der Waals surface area (Å²) < 4.78 is 5.06. The monoisotopic (exact) mass is 277 g/mol. The molecule has 2 N–H and O–H groups in total. The minimum atomic E-state index is -0.476. The van der Waals surface area contributed by atoms with E-state index in [2.05, 4.69) is 10.6 Å². The molecule has 0 aromatic carbocycles. The Hall–Kier alpha value is -2.24. The minimum Gasteiger partial charge on any atom is -0.472 e. The number of nitrogens with zero attached hydrogens (tertiary/aromatic N) is 1. The Bertz CT molecular complexity index is 530. The molecule has 0 saturated carbocycles. The van der Waals surface area contributed by atoms with Crippen molar-refractivity contribution in [3.8, 4) is 0 Å². The summed E-state index contributed by atoms with van der Waals surface area (Å²) >= 11 is 0. The molecule has 1 aromatic rings. The fraction of sp³-hybridized carbons (Fsp3) is 0.429. The van der Waals surface area contributed by atoms with Crippen LogP contribution < -0.4 is 10.6 Å². The van der Waals surface area contributed by atoms with E-state index in [-0.39, 0.29) is 11.9 Å². The molecular weight excluding hydrogens is 258 g/mol. The van der Waals surface area contributed by atoms with Crippen LogP contribution in [0.3, 0.4) is 0 Å². The highest BCUT2D eigenvalue weighted by molar-refractivity contribution is 5.98. The number of allylic oxidation sites excluding steroid dienone is 1. The Morgan fingerprint density at radius 1 is 1.40 bits per heavy atom. The average molecular weight is 277 g/mol. The summed E-state index contributed by atoms with van der Waals surface area (Å²) in [5.74, 6) is -0.0776. The summed E-state index contributed by atoms with van der Waals surface area (Å²) in [7, 11) is 0. The lowest BCUT2D eigenvalue weighted by Crippen LogP contribution is -2.47. The van der Waals surface area contributed by atoms with Crippen molar-refractivity contribution in [2.75, 3.05) is 13.1 Å². The largest absolute Gasteiger partial charge is 0.472 e. The van der Waals surface area contributed by atoms with Gasteiger partial charge in [0, 0.05) is 24.4 Å². The molecule has 0 fully saturated rings. The van der Waals surface area contributed by atoms with Crippen LogP contribution in [-0.4, -0.2) is 29.9 Å². The van der Waals surface area contributed by atoms with E-state index in [1.807, 2.05) is 13.8 Å². The number of furan rings is 1. The molecule has 6 nitrogen and oxygen atoms in total. The minimum absolute atomic E-state index is 0.0776. The molecule has 1 aliphatic rings. The highest BCUT2D eigenvalue weighted by atomic mass is 16.3. The Kier molecular flexibility index (Phi) is 4.12. The van der Waals surface area contributed by atoms with E-state index in [0.717, 1.165) is 5.56 Å². The van der Waals surface area contributed by atoms with Gasteiger partial charge in [0.1, 0.15) is 0 Å². The standard InChI is InChI=1S/C14H19N3O3/c1-4-17(5-2)13(18)11-9(3)15-14(19)16-12(11)10-6-7-20-8-10/h6-8,12H,4-5H2,1-3H3,(H2,15,16,19). The average Bonchev–Trinajstić information content (AvgIpc) is 2.92. The first-order valence-corrected chi connectivity index (χ1v) is 6.68. The number of amides is 3. The first-order valence-electron chi connectivity index (χ1n) is 6.68. The van der Waals surface area contributed by atoms with E-state index >= 15 is 0 Å². The summed E-state index contributed by atoms with van der Waals surface area (Å²) in [6.07, 6.45) is 3.07. The fourth-order valence-corrected chi connectivity index (χ4v) is 2.35. The second-order valence-corrected chi connectivity index (χ2v) is 4.60. The number of urea groups is 1. The van der Waals surface area contributed by atoms with Crippen LogP contribution in [0.4, 0.5) is 4.79 Å². The third-order valence-electron chi connectivity index (χ3n) is 3.43. The van der Waals surface area contributed by atoms with E-state index < -0.39 is 6.04 Å². The van der Waals surface area contributed by atoms with Crippen LogP contribution in [0.15, 0.2) is 34.3 Å². The smallest absolute Gasteiger partial charge is 0.319 e. The molecule has 20 heavy (non-hydrogen) atoms. The molecule has 0 radical (unpaired) electrons. The number of carbonyl (C=O) groups excluding carboxylic acids is 2. The van der Waals surface area contributed by atoms with Gasteiger partial charge in [-0.25, -0.2) is 4.79 Å². The molecule has 0 bridgehead atoms. The fourth-order valence-electron chi connectivity index (χ4n) is 2.35. The third kappa shape index (κ3) is 2.54. The number of hydrogen-bond donors (Lipinski definition) is 2. The lowest BCUT2D eigenvalue weighted by molar-refractivity contribution is -0.127. The number of rotatable bonds is 4. The van der Waals surface area contributed by atoms with E-state index in [0.29, 0.717) is 24.4 Å². The van der Waals surface area contributed by atoms with Crippen LogP contribution in [0.2, 0.25) is 0 Å². The van der Waals surface area contributed by atoms with Crippen LogP contribution in [0.25, 0.3) is 0 Å². The van der Waals surface area contributed by atoms with Gasteiger partial charge in [0.05, 0.1) is 24.1 Å². The van der Waals surface area contributed by atoms with Gasteiger partial charge in [-0.3, -0.25) is 4.79 Å². The second kappa shape index (κ2) is 5.81. The Balaban J connectivity index is 2.41. The summed E-state index contributed by atoms with van der Waals surface area (Å²) in [6, 6.07) is 0.958. The van der Waals surface area contributed by atoms with E-state index in [1.54, 1.807) is 24.2 Å². The third-order valence-corrected chi connectivity index (χ3v) is 3.43. The number of likely N-dealkylation sites (N-methyl/N-ethyl adjacent to an activating group) is 1. The first-order chi connectivity index (χ1) is 9.58. The number of nitrogens with one attached hydrogen (secondary N) is 2. The zero-order valence-corrected chi connectivity index (χ0v) is 11.9. The van der Waals surface area contributed by atoms with Gasteiger partial charge in [-0.05, 0) is 26.8 Å². The van der Waals surface area contributed by atoms with Gasteiger partial charge in [-0.15, -0.1) is 0 Å². The van der Waals surface area contributed by atoms with Crippen molar-refractivity contribution in [2.45, 2.75) is 26.8 Å². The van der Waals surface area contributed by atoms with Crippen LogP contribution in [0.1, 0.15) is 32.4 Å². The molecule has 1 unspecified atom stereocenters. The Labute approximate surface area is 117 Å². The van der Waals surface area contributed by atoms with Crippen molar-refractivity contribution in [3.63, 3.8) is 0 Å². The predicted molar refractivity (Wildman–Crippen MR) is 73.7 cm³/mol. The molecule has 3 amide bonds. The SMILES string of the molecule is CCN(CC)C(=O)C1=C(C)NC(=O)NC1c1ccoc1. The van der Waals surface area contributed by atoms with Gasteiger partial charge in [-0.2, -0.15) is 0 Å². The lowest BCUT2D eigenvalue weighted by Gasteiger charge is -2.30. The van der Waals surface area contributed by atoms with Gasteiger partial charge in [-0.1, -0.05) is 0 Å². The first kappa shape index (κ1) is 14.2. The highest BCUT2D eigenvalue weighted by Crippen LogP contribution is 2.28.